The van der Waals surface area contributed by atoms with Crippen LogP contribution in [0.4, 0.5) is 0 Å². The molecule has 0 unspecified atom stereocenters. The fourth-order valence-electron chi connectivity index (χ4n) is 4.58. The van der Waals surface area contributed by atoms with E-state index >= 15 is 0 Å². The van der Waals surface area contributed by atoms with Crippen molar-refractivity contribution in [2.45, 2.75) is 174 Å². The Balaban J connectivity index is 2.98. The van der Waals surface area contributed by atoms with Gasteiger partial charge in [-0.2, -0.15) is 0 Å². The Morgan fingerprint density at radius 3 is 0.839 bits per heavy atom. The number of rotatable bonds is 28. The topological polar surface area (TPSA) is 29.1 Å². The van der Waals surface area contributed by atoms with Gasteiger partial charge >= 0.3 is 6.41 Å². The molecule has 0 heterocycles. The highest BCUT2D eigenvalue weighted by Crippen LogP contribution is 2.15. The van der Waals surface area contributed by atoms with Crippen LogP contribution in [0.1, 0.15) is 174 Å². The first-order chi connectivity index (χ1) is 15.4. The highest BCUT2D eigenvalue weighted by atomic mass is 16.1. The van der Waals surface area contributed by atoms with E-state index < -0.39 is 0 Å². The third-order valence-electron chi connectivity index (χ3n) is 6.73. The molecule has 0 saturated carbocycles. The summed E-state index contributed by atoms with van der Waals surface area (Å²) in [6.45, 7) is 3.09. The van der Waals surface area contributed by atoms with E-state index in [4.69, 9.17) is 0 Å². The highest BCUT2D eigenvalue weighted by molar-refractivity contribution is 5.46. The van der Waals surface area contributed by atoms with Crippen molar-refractivity contribution in [2.24, 2.45) is 0 Å². The number of nitrogens with one attached hydrogen (secondary N) is 1. The van der Waals surface area contributed by atoms with Crippen LogP contribution in [0.5, 0.6) is 0 Å². The molecule has 1 radical (unpaired) electrons. The zero-order valence-corrected chi connectivity index (χ0v) is 21.5. The monoisotopic (exact) mass is 436 g/mol. The predicted octanol–water partition coefficient (Wildman–Crippen LogP) is 9.81. The molecule has 0 aliphatic rings. The zero-order chi connectivity index (χ0) is 22.5. The summed E-state index contributed by atoms with van der Waals surface area (Å²) in [7, 11) is 0. The first kappa shape index (κ1) is 30.5. The lowest BCUT2D eigenvalue weighted by molar-refractivity contribution is 0.514. The van der Waals surface area contributed by atoms with Crippen molar-refractivity contribution in [1.82, 2.24) is 5.32 Å². The van der Waals surface area contributed by atoms with Crippen LogP contribution in [0.15, 0.2) is 0 Å². The van der Waals surface area contributed by atoms with Crippen LogP contribution in [0.2, 0.25) is 0 Å². The van der Waals surface area contributed by atoms with E-state index in [1.807, 2.05) is 0 Å². The summed E-state index contributed by atoms with van der Waals surface area (Å²) in [6, 6.07) is 0. The molecular weight excluding hydrogens is 378 g/mol. The van der Waals surface area contributed by atoms with E-state index in [1.165, 1.54) is 161 Å². The average Bonchev–Trinajstić information content (AvgIpc) is 2.78. The normalized spacial score (nSPS) is 11.1. The molecule has 0 aliphatic carbocycles. The maximum atomic E-state index is 10.0. The average molecular weight is 437 g/mol. The number of hydrogen-bond acceptors (Lipinski definition) is 1. The van der Waals surface area contributed by atoms with Crippen molar-refractivity contribution in [1.29, 1.82) is 0 Å². The van der Waals surface area contributed by atoms with Gasteiger partial charge in [-0.3, -0.25) is 4.79 Å². The molecular formula is C29H58NO. The van der Waals surface area contributed by atoms with Gasteiger partial charge in [-0.1, -0.05) is 167 Å². The van der Waals surface area contributed by atoms with E-state index in [0.29, 0.717) is 0 Å². The molecule has 0 aromatic rings. The Kier molecular flexibility index (Phi) is 29.0. The lowest BCUT2D eigenvalue weighted by atomic mass is 10.0. The van der Waals surface area contributed by atoms with Crippen molar-refractivity contribution in [2.75, 3.05) is 6.54 Å². The van der Waals surface area contributed by atoms with Gasteiger partial charge in [-0.25, -0.2) is 0 Å². The maximum Gasteiger partial charge on any atom is 0.309 e. The lowest BCUT2D eigenvalue weighted by Gasteiger charge is -2.04. The van der Waals surface area contributed by atoms with Crippen molar-refractivity contribution < 1.29 is 4.79 Å². The van der Waals surface area contributed by atoms with Crippen LogP contribution in [0.3, 0.4) is 0 Å². The first-order valence-corrected chi connectivity index (χ1v) is 14.5. The van der Waals surface area contributed by atoms with Crippen molar-refractivity contribution in [3.63, 3.8) is 0 Å². The van der Waals surface area contributed by atoms with E-state index in [1.54, 1.807) is 6.41 Å². The third-order valence-corrected chi connectivity index (χ3v) is 6.73. The molecule has 0 spiro atoms. The Labute approximate surface area is 197 Å². The Morgan fingerprint density at radius 1 is 0.387 bits per heavy atom. The predicted molar refractivity (Wildman–Crippen MR) is 139 cm³/mol. The third kappa shape index (κ3) is 29.5. The molecule has 1 amide bonds. The van der Waals surface area contributed by atoms with Gasteiger partial charge in [0.25, 0.3) is 0 Å². The summed E-state index contributed by atoms with van der Waals surface area (Å²) in [6.07, 6.45) is 38.8. The number of amides is 1. The maximum absolute atomic E-state index is 10.0. The molecule has 0 fully saturated rings. The van der Waals surface area contributed by atoms with Gasteiger partial charge in [-0.15, -0.1) is 0 Å². The quantitative estimate of drug-likeness (QED) is 0.0959. The fourth-order valence-corrected chi connectivity index (χ4v) is 4.58. The SMILES string of the molecule is CCCCCCCCCCCCCCCCCCCCCCCCCCCCN[C]=O. The second-order valence-corrected chi connectivity index (χ2v) is 9.87. The Hall–Kier alpha value is -0.530. The van der Waals surface area contributed by atoms with Crippen molar-refractivity contribution in [3.05, 3.63) is 0 Å². The fraction of sp³-hybridized carbons (Fsp3) is 0.966. The minimum absolute atomic E-state index is 0.795. The minimum Gasteiger partial charge on any atom is -0.348 e. The smallest absolute Gasteiger partial charge is 0.309 e. The van der Waals surface area contributed by atoms with Gasteiger partial charge in [0, 0.05) is 6.54 Å². The molecule has 0 rings (SSSR count). The number of hydrogen-bond donors (Lipinski definition) is 1. The molecule has 2 nitrogen and oxygen atoms in total. The second-order valence-electron chi connectivity index (χ2n) is 9.87. The van der Waals surface area contributed by atoms with Gasteiger partial charge in [0.1, 0.15) is 0 Å². The van der Waals surface area contributed by atoms with Gasteiger partial charge in [-0.05, 0) is 6.42 Å². The van der Waals surface area contributed by atoms with Crippen LogP contribution >= 0.6 is 0 Å². The first-order valence-electron chi connectivity index (χ1n) is 14.5. The highest BCUT2D eigenvalue weighted by Gasteiger charge is 1.96. The molecule has 185 valence electrons. The summed E-state index contributed by atoms with van der Waals surface area (Å²) < 4.78 is 0. The summed E-state index contributed by atoms with van der Waals surface area (Å²) in [4.78, 5) is 10.0. The van der Waals surface area contributed by atoms with Gasteiger partial charge < -0.3 is 5.32 Å². The largest absolute Gasteiger partial charge is 0.348 e. The van der Waals surface area contributed by atoms with E-state index in [0.717, 1.165) is 13.0 Å². The molecule has 31 heavy (non-hydrogen) atoms. The molecule has 0 aliphatic heterocycles. The van der Waals surface area contributed by atoms with Crippen molar-refractivity contribution in [3.8, 4) is 0 Å². The Bertz CT molecular complexity index is 318. The summed E-state index contributed by atoms with van der Waals surface area (Å²) in [5, 5.41) is 2.61. The second kappa shape index (κ2) is 29.5. The van der Waals surface area contributed by atoms with Crippen LogP contribution in [0, 0.1) is 0 Å². The zero-order valence-electron chi connectivity index (χ0n) is 21.5. The van der Waals surface area contributed by atoms with Gasteiger partial charge in [0.15, 0.2) is 0 Å². The molecule has 0 bridgehead atoms. The molecule has 0 aromatic carbocycles. The summed E-state index contributed by atoms with van der Waals surface area (Å²) in [5.41, 5.74) is 0. The van der Waals surface area contributed by atoms with Gasteiger partial charge in [0.2, 0.25) is 0 Å². The van der Waals surface area contributed by atoms with Crippen molar-refractivity contribution >= 4 is 6.41 Å². The molecule has 1 N–H and O–H groups in total. The van der Waals surface area contributed by atoms with Crippen LogP contribution in [-0.4, -0.2) is 13.0 Å². The van der Waals surface area contributed by atoms with Crippen LogP contribution in [-0.2, 0) is 4.79 Å². The molecule has 0 aromatic heterocycles. The lowest BCUT2D eigenvalue weighted by Crippen LogP contribution is -2.11. The standard InChI is InChI=1S/C29H58NO/c1-2-3-4-5-6-7-8-9-10-11-12-13-14-15-16-17-18-19-20-21-22-23-24-25-26-27-28-30-29-31/h2-28H2,1H3,(H,30,31). The Morgan fingerprint density at radius 2 is 0.613 bits per heavy atom. The van der Waals surface area contributed by atoms with E-state index in [-0.39, 0.29) is 0 Å². The summed E-state index contributed by atoms with van der Waals surface area (Å²) in [5.74, 6) is 0. The minimum atomic E-state index is 0.795. The molecule has 2 heteroatoms. The molecule has 0 atom stereocenters. The number of carbonyl (C=O) groups excluding carboxylic acids is 1. The van der Waals surface area contributed by atoms with E-state index in [9.17, 15) is 4.79 Å². The number of unbranched alkanes of at least 4 members (excludes halogenated alkanes) is 25. The molecule has 0 saturated heterocycles. The van der Waals surface area contributed by atoms with E-state index in [2.05, 4.69) is 12.2 Å². The van der Waals surface area contributed by atoms with Crippen LogP contribution < -0.4 is 5.32 Å². The van der Waals surface area contributed by atoms with Gasteiger partial charge in [0.05, 0.1) is 0 Å². The summed E-state index contributed by atoms with van der Waals surface area (Å²) >= 11 is 0. The van der Waals surface area contributed by atoms with Crippen LogP contribution in [0.25, 0.3) is 0 Å².